The van der Waals surface area contributed by atoms with Crippen LogP contribution in [0.25, 0.3) is 0 Å². The fraction of sp³-hybridized carbons (Fsp3) is 0.909. The zero-order valence-corrected chi connectivity index (χ0v) is 18.3. The van der Waals surface area contributed by atoms with E-state index in [1.54, 1.807) is 0 Å². The Morgan fingerprint density at radius 3 is 2.31 bits per heavy atom. The summed E-state index contributed by atoms with van der Waals surface area (Å²) in [6, 6.07) is 0.582. The minimum absolute atomic E-state index is 0.0619. The number of rotatable bonds is 5. The number of piperidine rings is 2. The standard InChI is InChI=1S/C22H40N4O3/c1-3-24(4-2)22(29)26-13-7-8-17(16-26)21(28)23-18-11-14-25(15-12-18)19-9-5-6-10-20(19)27/h17-20,27H,3-16H2,1-2H3,(H,23,28)/t17-,19-,20+/m0/s1. The zero-order valence-electron chi connectivity index (χ0n) is 18.3. The highest BCUT2D eigenvalue weighted by Gasteiger charge is 2.34. The number of amides is 3. The van der Waals surface area contributed by atoms with Crippen molar-refractivity contribution in [3.63, 3.8) is 0 Å². The number of nitrogens with zero attached hydrogens (tertiary/aromatic N) is 3. The smallest absolute Gasteiger partial charge is 0.320 e. The molecule has 29 heavy (non-hydrogen) atoms. The maximum absolute atomic E-state index is 12.9. The van der Waals surface area contributed by atoms with Crippen molar-refractivity contribution >= 4 is 11.9 Å². The fourth-order valence-electron chi connectivity index (χ4n) is 5.27. The molecule has 3 fully saturated rings. The monoisotopic (exact) mass is 408 g/mol. The minimum atomic E-state index is -0.188. The van der Waals surface area contributed by atoms with Crippen molar-refractivity contribution in [2.75, 3.05) is 39.3 Å². The molecule has 0 spiro atoms. The van der Waals surface area contributed by atoms with Gasteiger partial charge in [0.15, 0.2) is 0 Å². The molecule has 166 valence electrons. The molecule has 3 rings (SSSR count). The Morgan fingerprint density at radius 2 is 1.66 bits per heavy atom. The Hall–Kier alpha value is -1.34. The molecular weight excluding hydrogens is 368 g/mol. The summed E-state index contributed by atoms with van der Waals surface area (Å²) >= 11 is 0. The Balaban J connectivity index is 1.45. The van der Waals surface area contributed by atoms with Crippen molar-refractivity contribution in [2.24, 2.45) is 5.92 Å². The number of likely N-dealkylation sites (tertiary alicyclic amines) is 2. The average molecular weight is 409 g/mol. The normalized spacial score (nSPS) is 29.5. The first-order valence-electron chi connectivity index (χ1n) is 11.8. The van der Waals surface area contributed by atoms with Gasteiger partial charge in [0, 0.05) is 51.4 Å². The van der Waals surface area contributed by atoms with Crippen LogP contribution in [0.4, 0.5) is 4.79 Å². The molecule has 3 atom stereocenters. The van der Waals surface area contributed by atoms with Gasteiger partial charge in [0.05, 0.1) is 12.0 Å². The number of carbonyl (C=O) groups is 2. The average Bonchev–Trinajstić information content (AvgIpc) is 2.75. The highest BCUT2D eigenvalue weighted by Crippen LogP contribution is 2.26. The van der Waals surface area contributed by atoms with Crippen molar-refractivity contribution in [2.45, 2.75) is 83.4 Å². The third kappa shape index (κ3) is 5.63. The molecule has 2 N–H and O–H groups in total. The van der Waals surface area contributed by atoms with Crippen LogP contribution in [0, 0.1) is 5.92 Å². The summed E-state index contributed by atoms with van der Waals surface area (Å²) in [6.07, 6.45) is 7.83. The van der Waals surface area contributed by atoms with Crippen LogP contribution >= 0.6 is 0 Å². The van der Waals surface area contributed by atoms with Crippen LogP contribution in [-0.4, -0.2) is 89.2 Å². The molecule has 1 saturated carbocycles. The van der Waals surface area contributed by atoms with Gasteiger partial charge in [-0.15, -0.1) is 0 Å². The van der Waals surface area contributed by atoms with Crippen molar-refractivity contribution < 1.29 is 14.7 Å². The molecule has 2 heterocycles. The number of aliphatic hydroxyl groups excluding tert-OH is 1. The molecule has 0 radical (unpaired) electrons. The van der Waals surface area contributed by atoms with Crippen LogP contribution in [-0.2, 0) is 4.79 Å². The summed E-state index contributed by atoms with van der Waals surface area (Å²) in [5, 5.41) is 13.6. The number of hydrogen-bond acceptors (Lipinski definition) is 4. The van der Waals surface area contributed by atoms with Gasteiger partial charge in [-0.1, -0.05) is 12.8 Å². The predicted octanol–water partition coefficient (Wildman–Crippen LogP) is 2.04. The largest absolute Gasteiger partial charge is 0.391 e. The second-order valence-electron chi connectivity index (χ2n) is 8.98. The Labute approximate surface area is 175 Å². The van der Waals surface area contributed by atoms with E-state index in [4.69, 9.17) is 0 Å². The molecule has 0 aromatic rings. The van der Waals surface area contributed by atoms with Gasteiger partial charge in [0.1, 0.15) is 0 Å². The van der Waals surface area contributed by atoms with Crippen molar-refractivity contribution in [3.05, 3.63) is 0 Å². The Bertz CT molecular complexity index is 546. The van der Waals surface area contributed by atoms with E-state index in [-0.39, 0.29) is 30.0 Å². The summed E-state index contributed by atoms with van der Waals surface area (Å²) < 4.78 is 0. The topological polar surface area (TPSA) is 76.1 Å². The summed E-state index contributed by atoms with van der Waals surface area (Å²) in [4.78, 5) is 31.6. The maximum Gasteiger partial charge on any atom is 0.320 e. The molecular formula is C22H40N4O3. The first-order chi connectivity index (χ1) is 14.0. The first-order valence-corrected chi connectivity index (χ1v) is 11.8. The molecule has 7 heteroatoms. The Morgan fingerprint density at radius 1 is 0.966 bits per heavy atom. The second kappa shape index (κ2) is 10.6. The lowest BCUT2D eigenvalue weighted by Crippen LogP contribution is -2.54. The molecule has 2 aliphatic heterocycles. The van der Waals surface area contributed by atoms with E-state index < -0.39 is 0 Å². The number of nitrogens with one attached hydrogen (secondary N) is 1. The predicted molar refractivity (Wildman–Crippen MR) is 114 cm³/mol. The van der Waals surface area contributed by atoms with Gasteiger partial charge in [0.2, 0.25) is 5.91 Å². The van der Waals surface area contributed by atoms with E-state index in [2.05, 4.69) is 10.2 Å². The minimum Gasteiger partial charge on any atom is -0.391 e. The highest BCUT2D eigenvalue weighted by atomic mass is 16.3. The summed E-state index contributed by atoms with van der Waals surface area (Å²) in [5.41, 5.74) is 0. The fourth-order valence-corrected chi connectivity index (χ4v) is 5.27. The summed E-state index contributed by atoms with van der Waals surface area (Å²) in [7, 11) is 0. The van der Waals surface area contributed by atoms with Crippen LogP contribution in [0.3, 0.4) is 0 Å². The van der Waals surface area contributed by atoms with E-state index in [0.717, 1.165) is 64.6 Å². The quantitative estimate of drug-likeness (QED) is 0.730. The first kappa shape index (κ1) is 22.3. The van der Waals surface area contributed by atoms with Crippen LogP contribution < -0.4 is 5.32 Å². The lowest BCUT2D eigenvalue weighted by Gasteiger charge is -2.42. The third-order valence-electron chi connectivity index (χ3n) is 7.14. The molecule has 0 bridgehead atoms. The van der Waals surface area contributed by atoms with Crippen LogP contribution in [0.2, 0.25) is 0 Å². The second-order valence-corrected chi connectivity index (χ2v) is 8.98. The van der Waals surface area contributed by atoms with E-state index in [1.165, 1.54) is 6.42 Å². The van der Waals surface area contributed by atoms with Gasteiger partial charge in [-0.25, -0.2) is 4.79 Å². The van der Waals surface area contributed by atoms with Crippen molar-refractivity contribution in [1.29, 1.82) is 0 Å². The molecule has 7 nitrogen and oxygen atoms in total. The number of aliphatic hydroxyl groups is 1. The molecule has 2 saturated heterocycles. The number of hydrogen-bond donors (Lipinski definition) is 2. The molecule has 0 aromatic carbocycles. The summed E-state index contributed by atoms with van der Waals surface area (Å²) in [6.45, 7) is 8.58. The molecule has 3 amide bonds. The maximum atomic E-state index is 12.9. The van der Waals surface area contributed by atoms with Gasteiger partial charge in [-0.05, 0) is 52.4 Å². The third-order valence-corrected chi connectivity index (χ3v) is 7.14. The molecule has 1 aliphatic carbocycles. The van der Waals surface area contributed by atoms with Gasteiger partial charge >= 0.3 is 6.03 Å². The van der Waals surface area contributed by atoms with Crippen molar-refractivity contribution in [3.8, 4) is 0 Å². The van der Waals surface area contributed by atoms with Gasteiger partial charge in [-0.3, -0.25) is 9.69 Å². The number of urea groups is 1. The number of carbonyl (C=O) groups excluding carboxylic acids is 2. The molecule has 3 aliphatic rings. The molecule has 0 aromatic heterocycles. The Kier molecular flexibility index (Phi) is 8.18. The lowest BCUT2D eigenvalue weighted by molar-refractivity contribution is -0.127. The van der Waals surface area contributed by atoms with Gasteiger partial charge in [-0.2, -0.15) is 0 Å². The van der Waals surface area contributed by atoms with E-state index in [1.807, 2.05) is 23.6 Å². The summed E-state index contributed by atoms with van der Waals surface area (Å²) in [5.74, 6) is 0.0136. The van der Waals surface area contributed by atoms with Gasteiger partial charge in [0.25, 0.3) is 0 Å². The van der Waals surface area contributed by atoms with Gasteiger partial charge < -0.3 is 20.2 Å². The van der Waals surface area contributed by atoms with E-state index >= 15 is 0 Å². The zero-order chi connectivity index (χ0) is 20.8. The van der Waals surface area contributed by atoms with Crippen molar-refractivity contribution in [1.82, 2.24) is 20.0 Å². The van der Waals surface area contributed by atoms with Crippen LogP contribution in [0.15, 0.2) is 0 Å². The van der Waals surface area contributed by atoms with E-state index in [9.17, 15) is 14.7 Å². The van der Waals surface area contributed by atoms with Crippen LogP contribution in [0.1, 0.15) is 65.2 Å². The highest BCUT2D eigenvalue weighted by molar-refractivity contribution is 5.81. The molecule has 0 unspecified atom stereocenters. The SMILES string of the molecule is CCN(CC)C(=O)N1CCC[C@H](C(=O)NC2CCN([C@H]3CCCC[C@H]3O)CC2)C1. The van der Waals surface area contributed by atoms with E-state index in [0.29, 0.717) is 25.7 Å². The lowest BCUT2D eigenvalue weighted by atomic mass is 9.89. The van der Waals surface area contributed by atoms with Crippen LogP contribution in [0.5, 0.6) is 0 Å².